The second-order valence-corrected chi connectivity index (χ2v) is 6.66. The van der Waals surface area contributed by atoms with E-state index in [1.807, 2.05) is 11.6 Å². The standard InChI is InChI=1S/C20H23F3N4O3/c1-6-12(7-2)27-18-16(11(3)26-27)24-17(19(25-18)29-5)14-9-8-13(10-15(14)28-4)30-20(21,22)23/h8-10,12H,6-7H2,1-5H3. The number of fused-ring (bicyclic) bond motifs is 1. The first-order valence-electron chi connectivity index (χ1n) is 9.47. The van der Waals surface area contributed by atoms with Gasteiger partial charge < -0.3 is 14.2 Å². The van der Waals surface area contributed by atoms with Crippen molar-refractivity contribution in [2.75, 3.05) is 14.2 Å². The van der Waals surface area contributed by atoms with Gasteiger partial charge in [-0.25, -0.2) is 9.67 Å². The molecule has 30 heavy (non-hydrogen) atoms. The van der Waals surface area contributed by atoms with Crippen molar-refractivity contribution in [3.63, 3.8) is 0 Å². The summed E-state index contributed by atoms with van der Waals surface area (Å²) in [6, 6.07) is 3.93. The molecule has 7 nitrogen and oxygen atoms in total. The summed E-state index contributed by atoms with van der Waals surface area (Å²) in [4.78, 5) is 9.30. The van der Waals surface area contributed by atoms with Crippen LogP contribution in [0.3, 0.4) is 0 Å². The maximum absolute atomic E-state index is 12.5. The van der Waals surface area contributed by atoms with Crippen LogP contribution in [-0.4, -0.2) is 40.3 Å². The quantitative estimate of drug-likeness (QED) is 0.527. The largest absolute Gasteiger partial charge is 0.573 e. The number of halogens is 3. The fourth-order valence-corrected chi connectivity index (χ4v) is 3.34. The van der Waals surface area contributed by atoms with Crippen LogP contribution in [0.1, 0.15) is 38.4 Å². The molecule has 0 atom stereocenters. The van der Waals surface area contributed by atoms with Gasteiger partial charge in [-0.15, -0.1) is 13.2 Å². The van der Waals surface area contributed by atoms with Crippen molar-refractivity contribution in [3.8, 4) is 28.6 Å². The zero-order chi connectivity index (χ0) is 22.1. The van der Waals surface area contributed by atoms with E-state index in [1.165, 1.54) is 26.4 Å². The van der Waals surface area contributed by atoms with E-state index in [-0.39, 0.29) is 17.7 Å². The number of ether oxygens (including phenoxy) is 3. The zero-order valence-electron chi connectivity index (χ0n) is 17.4. The number of benzene rings is 1. The highest BCUT2D eigenvalue weighted by Gasteiger charge is 2.31. The monoisotopic (exact) mass is 424 g/mol. The molecule has 0 aliphatic carbocycles. The number of nitrogens with zero attached hydrogens (tertiary/aromatic N) is 4. The number of methoxy groups -OCH3 is 2. The zero-order valence-corrected chi connectivity index (χ0v) is 17.4. The third-order valence-electron chi connectivity index (χ3n) is 4.81. The molecule has 0 saturated carbocycles. The van der Waals surface area contributed by atoms with Crippen molar-refractivity contribution in [2.24, 2.45) is 0 Å². The molecule has 1 aromatic carbocycles. The lowest BCUT2D eigenvalue weighted by molar-refractivity contribution is -0.274. The summed E-state index contributed by atoms with van der Waals surface area (Å²) in [7, 11) is 2.81. The molecule has 0 N–H and O–H groups in total. The van der Waals surface area contributed by atoms with E-state index in [4.69, 9.17) is 9.47 Å². The van der Waals surface area contributed by atoms with Crippen molar-refractivity contribution in [1.29, 1.82) is 0 Å². The molecule has 0 spiro atoms. The molecule has 3 rings (SSSR count). The Balaban J connectivity index is 2.17. The lowest BCUT2D eigenvalue weighted by atomic mass is 10.1. The SMILES string of the molecule is CCC(CC)n1nc(C)c2nc(-c3ccc(OC(F)(F)F)cc3OC)c(OC)nc21. The third-order valence-corrected chi connectivity index (χ3v) is 4.81. The van der Waals surface area contributed by atoms with E-state index in [2.05, 4.69) is 33.7 Å². The molecule has 0 aliphatic rings. The number of aryl methyl sites for hydroxylation is 1. The van der Waals surface area contributed by atoms with Crippen LogP contribution in [-0.2, 0) is 0 Å². The average Bonchev–Trinajstić information content (AvgIpc) is 3.02. The number of hydrogen-bond donors (Lipinski definition) is 0. The lowest BCUT2D eigenvalue weighted by Crippen LogP contribution is -2.17. The molecule has 0 bridgehead atoms. The minimum atomic E-state index is -4.80. The summed E-state index contributed by atoms with van der Waals surface area (Å²) in [6.07, 6.45) is -3.04. The molecule has 162 valence electrons. The summed E-state index contributed by atoms with van der Waals surface area (Å²) < 4.78 is 54.2. The van der Waals surface area contributed by atoms with Crippen LogP contribution in [0.4, 0.5) is 13.2 Å². The van der Waals surface area contributed by atoms with Gasteiger partial charge in [-0.3, -0.25) is 0 Å². The van der Waals surface area contributed by atoms with Crippen molar-refractivity contribution in [2.45, 2.75) is 46.0 Å². The van der Waals surface area contributed by atoms with E-state index in [1.54, 1.807) is 0 Å². The fourth-order valence-electron chi connectivity index (χ4n) is 3.34. The van der Waals surface area contributed by atoms with Gasteiger partial charge in [0.1, 0.15) is 22.7 Å². The van der Waals surface area contributed by atoms with Crippen LogP contribution in [0.15, 0.2) is 18.2 Å². The Bertz CT molecular complexity index is 1050. The van der Waals surface area contributed by atoms with Gasteiger partial charge in [0.15, 0.2) is 5.65 Å². The number of alkyl halides is 3. The predicted octanol–water partition coefficient (Wildman–Crippen LogP) is 5.08. The Hall–Kier alpha value is -3.04. The Morgan fingerprint density at radius 2 is 1.77 bits per heavy atom. The van der Waals surface area contributed by atoms with Crippen molar-refractivity contribution in [3.05, 3.63) is 23.9 Å². The predicted molar refractivity (Wildman–Crippen MR) is 105 cm³/mol. The fraction of sp³-hybridized carbons (Fsp3) is 0.450. The molecule has 0 fully saturated rings. The van der Waals surface area contributed by atoms with Gasteiger partial charge in [0.2, 0.25) is 5.88 Å². The molecule has 0 unspecified atom stereocenters. The van der Waals surface area contributed by atoms with Gasteiger partial charge in [0.05, 0.1) is 26.0 Å². The summed E-state index contributed by atoms with van der Waals surface area (Å²) in [5.41, 5.74) is 2.65. The van der Waals surface area contributed by atoms with Crippen LogP contribution in [0, 0.1) is 6.92 Å². The van der Waals surface area contributed by atoms with Crippen molar-refractivity contribution < 1.29 is 27.4 Å². The first-order chi connectivity index (χ1) is 14.2. The molecule has 0 aliphatic heterocycles. The van der Waals surface area contributed by atoms with E-state index in [0.29, 0.717) is 28.1 Å². The molecule has 10 heteroatoms. The number of rotatable bonds is 7. The van der Waals surface area contributed by atoms with E-state index in [9.17, 15) is 13.2 Å². The smallest absolute Gasteiger partial charge is 0.496 e. The van der Waals surface area contributed by atoms with Gasteiger partial charge in [0, 0.05) is 11.6 Å². The molecule has 3 aromatic rings. The molecule has 2 aromatic heterocycles. The Labute approximate surface area is 171 Å². The summed E-state index contributed by atoms with van der Waals surface area (Å²) in [5, 5.41) is 4.60. The van der Waals surface area contributed by atoms with Crippen molar-refractivity contribution in [1.82, 2.24) is 19.7 Å². The summed E-state index contributed by atoms with van der Waals surface area (Å²) in [5.74, 6) is -0.0278. The second-order valence-electron chi connectivity index (χ2n) is 6.66. The van der Waals surface area contributed by atoms with Crippen LogP contribution in [0.5, 0.6) is 17.4 Å². The normalized spacial score (nSPS) is 11.9. The van der Waals surface area contributed by atoms with E-state index < -0.39 is 12.1 Å². The highest BCUT2D eigenvalue weighted by Crippen LogP contribution is 2.39. The van der Waals surface area contributed by atoms with Crippen LogP contribution >= 0.6 is 0 Å². The van der Waals surface area contributed by atoms with Gasteiger partial charge in [0.25, 0.3) is 0 Å². The molecular weight excluding hydrogens is 401 g/mol. The van der Waals surface area contributed by atoms with Gasteiger partial charge in [-0.05, 0) is 31.9 Å². The first-order valence-corrected chi connectivity index (χ1v) is 9.47. The molecule has 0 radical (unpaired) electrons. The highest BCUT2D eigenvalue weighted by molar-refractivity contribution is 5.81. The third kappa shape index (κ3) is 4.12. The minimum Gasteiger partial charge on any atom is -0.496 e. The Kier molecular flexibility index (Phi) is 6.04. The molecule has 0 saturated heterocycles. The molecule has 2 heterocycles. The van der Waals surface area contributed by atoms with E-state index >= 15 is 0 Å². The minimum absolute atomic E-state index is 0.147. The maximum Gasteiger partial charge on any atom is 0.573 e. The van der Waals surface area contributed by atoms with Crippen LogP contribution < -0.4 is 14.2 Å². The van der Waals surface area contributed by atoms with Gasteiger partial charge in [-0.2, -0.15) is 10.1 Å². The molecular formula is C20H23F3N4O3. The highest BCUT2D eigenvalue weighted by atomic mass is 19.4. The maximum atomic E-state index is 12.5. The van der Waals surface area contributed by atoms with Gasteiger partial charge >= 0.3 is 6.36 Å². The number of aromatic nitrogens is 4. The molecule has 0 amide bonds. The lowest BCUT2D eigenvalue weighted by Gasteiger charge is -2.15. The second kappa shape index (κ2) is 8.37. The van der Waals surface area contributed by atoms with E-state index in [0.717, 1.165) is 18.9 Å². The summed E-state index contributed by atoms with van der Waals surface area (Å²) in [6.45, 7) is 5.99. The van der Waals surface area contributed by atoms with Crippen LogP contribution in [0.2, 0.25) is 0 Å². The first kappa shape index (κ1) is 21.7. The Morgan fingerprint density at radius 3 is 2.33 bits per heavy atom. The Morgan fingerprint density at radius 1 is 1.07 bits per heavy atom. The van der Waals surface area contributed by atoms with Crippen LogP contribution in [0.25, 0.3) is 22.4 Å². The average molecular weight is 424 g/mol. The number of hydrogen-bond acceptors (Lipinski definition) is 6. The topological polar surface area (TPSA) is 71.3 Å². The van der Waals surface area contributed by atoms with Gasteiger partial charge in [-0.1, -0.05) is 13.8 Å². The summed E-state index contributed by atoms with van der Waals surface area (Å²) >= 11 is 0. The van der Waals surface area contributed by atoms with Crippen molar-refractivity contribution >= 4 is 11.2 Å².